The molecule has 0 spiro atoms. The van der Waals surface area contributed by atoms with Gasteiger partial charge in [-0.1, -0.05) is 90.3 Å². The Hall–Kier alpha value is -8.35. The summed E-state index contributed by atoms with van der Waals surface area (Å²) in [4.78, 5) is 150. The molecule has 10 aliphatic heterocycles. The number of rotatable bonds is 26. The van der Waals surface area contributed by atoms with Gasteiger partial charge in [0.2, 0.25) is 24.0 Å². The van der Waals surface area contributed by atoms with Crippen LogP contribution in [0, 0.1) is 61.7 Å². The van der Waals surface area contributed by atoms with Crippen LogP contribution in [-0.4, -0.2) is 319 Å². The van der Waals surface area contributed by atoms with Gasteiger partial charge in [-0.3, -0.25) is 58.9 Å². The van der Waals surface area contributed by atoms with Gasteiger partial charge in [-0.25, -0.2) is 59.9 Å². The van der Waals surface area contributed by atoms with Crippen molar-refractivity contribution in [2.45, 2.75) is 213 Å². The molecular weight excluding hydrogens is 2190 g/mol. The van der Waals surface area contributed by atoms with Crippen LogP contribution in [0.2, 0.25) is 0 Å². The molecule has 2 aromatic rings. The number of amides is 3. The van der Waals surface area contributed by atoms with Crippen molar-refractivity contribution >= 4 is 164 Å². The number of esters is 4. The number of carbonyl (C=O) groups is 10. The van der Waals surface area contributed by atoms with E-state index < -0.39 is 161 Å². The average Bonchev–Trinajstić information content (AvgIpc) is 1.56. The number of nitrogens with zero attached hydrogens (tertiary/aromatic N) is 8. The number of aliphatic hydroxyl groups is 2. The van der Waals surface area contributed by atoms with Crippen molar-refractivity contribution < 1.29 is 153 Å². The largest absolute Gasteiger partial charge is 0.481 e. The number of nitro benzene ring substituents is 2. The molecule has 0 bridgehead atoms. The molecule has 824 valence electrons. The first-order valence-electron chi connectivity index (χ1n) is 44.6. The molecule has 26 N–H and O–H groups in total. The molecule has 54 nitrogen and oxygen atoms in total. The molecule has 145 heavy (non-hydrogen) atoms. The Morgan fingerprint density at radius 3 is 1.03 bits per heavy atom. The number of nitro groups is 2. The van der Waals surface area contributed by atoms with E-state index in [-0.39, 0.29) is 139 Å². The van der Waals surface area contributed by atoms with Gasteiger partial charge in [-0.15, -0.1) is 9.24 Å². The SMILES string of the molecule is C.CC(=O)O.CC(C)[C@H]1C(=O)N2C(C(=O)OC(=O)c3ccc([N+](=O)[O-])cc3)=C(CN3CC[C@H](NS(N)(=O)=O)C3)[C@H](C)[C@H]12.C[C@@H](O)[C@H]1C(=O)N2C(C(=O)O)=C(CN3CC[C@H](NS(N)(=O)=O)C3)[C@H](C)[C@H]12.C[C@@H](O)[C@H]1C(=O)N2C(C(=O)OC(=O)c3ccc([N+](=O)[O-])cc3)=C(CN3CC[C@H](NS(N)(=O)=O)C3)[C@H](C)[C@H]12.NC1CCCC1.NS(=O)(=O)NC1CCCC1.NS(=O)(=O)N[C@H]1CCNC1.NS(N)(=O)=O.O=CC(F)(F)F.PCI.[HH]. The maximum atomic E-state index is 13.3. The Kier molecular flexibility index (Phi) is 49.8. The number of aliphatic carboxylic acids is 2. The number of ether oxygens (including phenoxy) is 2. The van der Waals surface area contributed by atoms with Gasteiger partial charge in [0.1, 0.15) is 17.1 Å². The summed E-state index contributed by atoms with van der Waals surface area (Å²) in [5, 5.41) is 94.6. The molecule has 7 saturated heterocycles. The second kappa shape index (κ2) is 56.0. The van der Waals surface area contributed by atoms with E-state index in [1.807, 2.05) is 49.3 Å². The molecule has 2 saturated carbocycles. The van der Waals surface area contributed by atoms with E-state index in [2.05, 4.69) is 71.0 Å². The third-order valence-electron chi connectivity index (χ3n) is 24.3. The summed E-state index contributed by atoms with van der Waals surface area (Å²) in [5.41, 5.74) is 6.68. The monoisotopic (exact) mass is 2320 g/mol. The van der Waals surface area contributed by atoms with E-state index >= 15 is 0 Å². The second-order valence-electron chi connectivity index (χ2n) is 35.8. The van der Waals surface area contributed by atoms with Crippen molar-refractivity contribution in [1.29, 1.82) is 0 Å². The summed E-state index contributed by atoms with van der Waals surface area (Å²) in [7, 11) is -19.6. The highest BCUT2D eigenvalue weighted by molar-refractivity contribution is 14.1. The van der Waals surface area contributed by atoms with Crippen LogP contribution in [0.1, 0.15) is 162 Å². The first-order valence-corrected chi connectivity index (χ1v) is 56.2. The van der Waals surface area contributed by atoms with E-state index in [1.54, 1.807) is 0 Å². The fraction of sp³-hybridized carbons (Fsp3) is 0.650. The molecule has 9 fully saturated rings. The fourth-order valence-corrected chi connectivity index (χ4v) is 21.7. The first-order chi connectivity index (χ1) is 66.3. The third-order valence-corrected chi connectivity index (χ3v) is 27.6. The number of carboxylic acid groups (broad SMARTS) is 2. The predicted octanol–water partition coefficient (Wildman–Crippen LogP) is -2.29. The highest BCUT2D eigenvalue weighted by atomic mass is 127. The number of likely N-dealkylation sites (tertiary alicyclic amines) is 3. The van der Waals surface area contributed by atoms with Gasteiger partial charge < -0.3 is 55.7 Å². The summed E-state index contributed by atoms with van der Waals surface area (Å²) in [6, 6.07) is 7.56. The van der Waals surface area contributed by atoms with Crippen molar-refractivity contribution in [3.63, 3.8) is 0 Å². The summed E-state index contributed by atoms with van der Waals surface area (Å²) in [6.07, 6.45) is 4.22. The first kappa shape index (κ1) is 129. The van der Waals surface area contributed by atoms with Crippen LogP contribution >= 0.6 is 31.8 Å². The highest BCUT2D eigenvalue weighted by Gasteiger charge is 2.63. The van der Waals surface area contributed by atoms with E-state index in [1.165, 1.54) is 66.4 Å². The van der Waals surface area contributed by atoms with Crippen molar-refractivity contribution in [1.82, 2.24) is 58.3 Å². The number of halogens is 4. The minimum Gasteiger partial charge on any atom is -0.481 e. The topological polar surface area (TPSA) is 861 Å². The molecule has 0 aromatic heterocycles. The van der Waals surface area contributed by atoms with Crippen LogP contribution in [0.4, 0.5) is 24.5 Å². The zero-order valence-electron chi connectivity index (χ0n) is 79.5. The molecule has 1 unspecified atom stereocenters. The number of carboxylic acids is 2. The molecule has 2 aliphatic carbocycles. The van der Waals surface area contributed by atoms with E-state index in [4.69, 9.17) is 55.6 Å². The molecule has 12 aliphatic rings. The Labute approximate surface area is 855 Å². The standard InChI is InChI=1S/C23H29N5O8S.C22H27N5O9S.C15H24N4O6S.C5H12N2O2S.C5H11N.C4H11N3O2S.C2HF3O.C2H4O2.CH4IP.CH4.H4N2O2S.H2/c1-12(2)18-19-13(3)17(11-26-9-8-15(10-26)25-37(24,34)35)20(27(19)21(18)29)23(31)36-22(30)14-4-6-16(7-5-14)28(32)33;1-11-16(10-25-8-7-14(9-25)24-37(23,34)35)19(26-18(11)17(12(2)28)20(26)29)22(31)36-21(30)13-3-5-15(6-4-13)27(32)33;1-7-10(6-18-4-3-9(5-18)17-26(16,24)25)13(15(22)23)19-12(7)11(8(2)20)14(19)21;6-10(8,9)7-5-3-1-2-4-5;6-5-3-1-2-4-5;5-10(8,9)7-4-1-2-6-3-4;3-2(4,5)1-6;1-2(3)4;2-1-3;;1-5(2,3)4;/h4-7,12-13,15,18-19,25H,8-11H2,1-3H3,(H2,24,34,35);3-6,11-12,14,17-18,24,28H,7-10H2,1-2H3,(H2,23,34,35);7-9,11-12,17,20H,3-6H2,1-2H3,(H,22,23)(H2,16,24,25);5,7H,1-4H2,(H2,6,8,9);5H,1-4,6H2;4,6-7H,1-3H2,(H2,5,8,9);1H;1H3,(H,3,4);1,3H2;1H4;(H4,1,2,3,4);1H/t13-,15-,18+,19+;11-,12+,14-,17+,18+;7-,8+,9-,11+,12+;;;4-;;;;;;/m000..0....../s1. The molecule has 16 atom stereocenters. The smallest absolute Gasteiger partial charge is 0.446 e. The Morgan fingerprint density at radius 2 is 0.786 bits per heavy atom. The fourth-order valence-electron chi connectivity index (χ4n) is 18.4. The van der Waals surface area contributed by atoms with Gasteiger partial charge in [0.25, 0.3) is 78.6 Å². The normalized spacial score (nSPS) is 25.0. The number of carbonyl (C=O) groups excluding carboxylic acids is 8. The number of alkyl halides is 4. The summed E-state index contributed by atoms with van der Waals surface area (Å²) < 4.78 is 182. The maximum absolute atomic E-state index is 13.3. The van der Waals surface area contributed by atoms with Crippen LogP contribution in [0.25, 0.3) is 0 Å². The Bertz CT molecular complexity index is 5510. The zero-order valence-corrected chi connectivity index (χ0v) is 87.7. The molecule has 3 amide bonds. The van der Waals surface area contributed by atoms with E-state index in [0.717, 1.165) is 86.1 Å². The van der Waals surface area contributed by atoms with Crippen LogP contribution in [0.15, 0.2) is 82.3 Å². The lowest BCUT2D eigenvalue weighted by molar-refractivity contribution is -0.385. The van der Waals surface area contributed by atoms with Crippen molar-refractivity contribution in [3.8, 4) is 0 Å². The predicted molar refractivity (Wildman–Crippen MR) is 530 cm³/mol. The number of hydrogen-bond acceptors (Lipinski definition) is 35. The maximum Gasteiger partial charge on any atom is 0.446 e. The number of benzene rings is 2. The lowest BCUT2D eigenvalue weighted by Gasteiger charge is -2.47. The molecule has 65 heteroatoms. The quantitative estimate of drug-likeness (QED) is 0.00543. The third kappa shape index (κ3) is 40.8. The highest BCUT2D eigenvalue weighted by Crippen LogP contribution is 2.51. The lowest BCUT2D eigenvalue weighted by atomic mass is 9.74. The van der Waals surface area contributed by atoms with Crippen LogP contribution in [0.3, 0.4) is 0 Å². The van der Waals surface area contributed by atoms with Crippen LogP contribution in [0.5, 0.6) is 0 Å². The van der Waals surface area contributed by atoms with Gasteiger partial charge >= 0.3 is 36.0 Å². The van der Waals surface area contributed by atoms with Gasteiger partial charge in [0.05, 0.1) is 69.1 Å². The van der Waals surface area contributed by atoms with Gasteiger partial charge in [0.15, 0.2) is 0 Å². The number of aliphatic hydroxyl groups excluding tert-OH is 2. The van der Waals surface area contributed by atoms with E-state index in [0.29, 0.717) is 94.4 Å². The van der Waals surface area contributed by atoms with Gasteiger partial charge in [0, 0.05) is 156 Å². The molecule has 0 radical (unpaired) electrons. The molecule has 10 heterocycles. The number of hydrogen-bond donors (Lipinski definition) is 18. The number of nitrogens with one attached hydrogen (secondary N) is 6. The number of non-ortho nitro benzene ring substituents is 2. The molecule has 2 aromatic carbocycles. The zero-order chi connectivity index (χ0) is 109. The van der Waals surface area contributed by atoms with E-state index in [9.17, 15) is 138 Å². The van der Waals surface area contributed by atoms with Gasteiger partial charge in [-0.05, 0) is 119 Å². The van der Waals surface area contributed by atoms with Crippen LogP contribution < -0.4 is 70.6 Å². The van der Waals surface area contributed by atoms with Crippen LogP contribution in [-0.2, 0) is 109 Å². The van der Waals surface area contributed by atoms with Gasteiger partial charge in [-0.2, -0.15) is 87.3 Å². The lowest BCUT2D eigenvalue weighted by Crippen LogP contribution is -2.63. The molecular formula is C80H133F3IN22O32PS6. The summed E-state index contributed by atoms with van der Waals surface area (Å²) >= 11 is 2.25. The minimum absolute atomic E-state index is 0. The Morgan fingerprint density at radius 1 is 0.517 bits per heavy atom. The number of fused-ring (bicyclic) bond motifs is 3. The molecule has 14 rings (SSSR count). The summed E-state index contributed by atoms with van der Waals surface area (Å²) in [6.45, 7) is 18.6. The van der Waals surface area contributed by atoms with Crippen molar-refractivity contribution in [3.05, 3.63) is 114 Å². The second-order valence-corrected chi connectivity index (χ2v) is 46.5. The average molecular weight is 2320 g/mol. The number of nitrogens with two attached hydrogens (primary N) is 8. The number of β-lactam (4-membered cyclic amide) rings is 3. The number of aldehydes is 1. The minimum atomic E-state index is -4.64. The van der Waals surface area contributed by atoms with Crippen molar-refractivity contribution in [2.75, 3.05) is 76.2 Å². The summed E-state index contributed by atoms with van der Waals surface area (Å²) in [5.74, 6) is -9.37. The van der Waals surface area contributed by atoms with Crippen molar-refractivity contribution in [2.24, 2.45) is 83.1 Å². The Balaban J connectivity index is 0.000000465.